The standard InChI is InChI=1S/C23H18N4O/c1-27-20-14-8-7-13-19(20)24-21(27)15-28-23-18-12-6-5-11-17(18)22(25-26-23)16-9-3-2-4-10-16/h2-14H,15H2,1H3. The van der Waals surface area contributed by atoms with Crippen molar-refractivity contribution in [3.05, 3.63) is 84.7 Å². The van der Waals surface area contributed by atoms with E-state index in [4.69, 9.17) is 4.74 Å². The summed E-state index contributed by atoms with van der Waals surface area (Å²) in [5.41, 5.74) is 3.93. The third-order valence-corrected chi connectivity index (χ3v) is 4.92. The Morgan fingerprint density at radius 1 is 0.786 bits per heavy atom. The van der Waals surface area contributed by atoms with Crippen molar-refractivity contribution in [3.8, 4) is 17.1 Å². The van der Waals surface area contributed by atoms with E-state index in [1.54, 1.807) is 0 Å². The number of para-hydroxylation sites is 2. The molecule has 0 atom stereocenters. The van der Waals surface area contributed by atoms with Crippen LogP contribution in [0.2, 0.25) is 0 Å². The maximum atomic E-state index is 6.05. The fourth-order valence-electron chi connectivity index (χ4n) is 3.45. The van der Waals surface area contributed by atoms with E-state index >= 15 is 0 Å². The van der Waals surface area contributed by atoms with Crippen molar-refractivity contribution in [3.63, 3.8) is 0 Å². The molecule has 5 aromatic rings. The molecular weight excluding hydrogens is 348 g/mol. The molecule has 0 aliphatic heterocycles. The maximum Gasteiger partial charge on any atom is 0.241 e. The average Bonchev–Trinajstić information content (AvgIpc) is 3.08. The molecule has 28 heavy (non-hydrogen) atoms. The number of nitrogens with zero attached hydrogens (tertiary/aromatic N) is 4. The van der Waals surface area contributed by atoms with E-state index in [0.29, 0.717) is 12.5 Å². The predicted molar refractivity (Wildman–Crippen MR) is 110 cm³/mol. The number of hydrogen-bond acceptors (Lipinski definition) is 4. The number of hydrogen-bond donors (Lipinski definition) is 0. The lowest BCUT2D eigenvalue weighted by molar-refractivity contribution is 0.282. The number of aryl methyl sites for hydroxylation is 1. The summed E-state index contributed by atoms with van der Waals surface area (Å²) in [7, 11) is 2.00. The van der Waals surface area contributed by atoms with E-state index in [9.17, 15) is 0 Å². The van der Waals surface area contributed by atoms with E-state index in [0.717, 1.165) is 38.9 Å². The topological polar surface area (TPSA) is 52.8 Å². The molecule has 3 aromatic carbocycles. The number of ether oxygens (including phenoxy) is 1. The first kappa shape index (κ1) is 16.4. The molecule has 2 heterocycles. The highest BCUT2D eigenvalue weighted by molar-refractivity contribution is 5.96. The van der Waals surface area contributed by atoms with Crippen molar-refractivity contribution >= 4 is 21.8 Å². The number of benzene rings is 3. The molecule has 5 nitrogen and oxygen atoms in total. The van der Waals surface area contributed by atoms with Gasteiger partial charge in [-0.1, -0.05) is 60.7 Å². The number of imidazole rings is 1. The molecule has 2 aromatic heterocycles. The summed E-state index contributed by atoms with van der Waals surface area (Å²) in [6.45, 7) is 0.328. The molecule has 0 spiro atoms. The average molecular weight is 366 g/mol. The minimum atomic E-state index is 0.328. The van der Waals surface area contributed by atoms with Crippen LogP contribution in [-0.2, 0) is 13.7 Å². The molecule has 0 fully saturated rings. The molecule has 0 radical (unpaired) electrons. The summed E-state index contributed by atoms with van der Waals surface area (Å²) in [4.78, 5) is 4.66. The van der Waals surface area contributed by atoms with E-state index in [-0.39, 0.29) is 0 Å². The SMILES string of the molecule is Cn1c(COc2nnc(-c3ccccc3)c3ccccc23)nc2ccccc21. The normalized spacial score (nSPS) is 11.2. The van der Waals surface area contributed by atoms with Crippen LogP contribution in [0.15, 0.2) is 78.9 Å². The second-order valence-electron chi connectivity index (χ2n) is 6.63. The van der Waals surface area contributed by atoms with Gasteiger partial charge in [0, 0.05) is 23.4 Å². The lowest BCUT2D eigenvalue weighted by Gasteiger charge is -2.10. The number of aromatic nitrogens is 4. The molecule has 0 amide bonds. The van der Waals surface area contributed by atoms with Gasteiger partial charge in [-0.3, -0.25) is 0 Å². The monoisotopic (exact) mass is 366 g/mol. The van der Waals surface area contributed by atoms with Gasteiger partial charge in [0.25, 0.3) is 0 Å². The van der Waals surface area contributed by atoms with Crippen molar-refractivity contribution < 1.29 is 4.74 Å². The van der Waals surface area contributed by atoms with Gasteiger partial charge in [-0.05, 0) is 18.2 Å². The molecular formula is C23H18N4O. The molecule has 0 bridgehead atoms. The van der Waals surface area contributed by atoms with Gasteiger partial charge >= 0.3 is 0 Å². The lowest BCUT2D eigenvalue weighted by Crippen LogP contribution is -2.05. The summed E-state index contributed by atoms with van der Waals surface area (Å²) in [5, 5.41) is 10.8. The predicted octanol–water partition coefficient (Wildman–Crippen LogP) is 4.76. The van der Waals surface area contributed by atoms with Gasteiger partial charge in [-0.2, -0.15) is 0 Å². The fourth-order valence-corrected chi connectivity index (χ4v) is 3.45. The van der Waals surface area contributed by atoms with E-state index in [1.807, 2.05) is 84.4 Å². The molecule has 0 aliphatic carbocycles. The Morgan fingerprint density at radius 2 is 1.50 bits per heavy atom. The largest absolute Gasteiger partial charge is 0.468 e. The third kappa shape index (κ3) is 2.77. The van der Waals surface area contributed by atoms with Crippen LogP contribution in [0.4, 0.5) is 0 Å². The highest BCUT2D eigenvalue weighted by Crippen LogP contribution is 2.31. The second-order valence-corrected chi connectivity index (χ2v) is 6.63. The van der Waals surface area contributed by atoms with Gasteiger partial charge in [0.1, 0.15) is 18.1 Å². The van der Waals surface area contributed by atoms with Crippen molar-refractivity contribution in [1.29, 1.82) is 0 Å². The van der Waals surface area contributed by atoms with Crippen molar-refractivity contribution in [2.24, 2.45) is 7.05 Å². The first-order chi connectivity index (χ1) is 13.8. The number of fused-ring (bicyclic) bond motifs is 2. The third-order valence-electron chi connectivity index (χ3n) is 4.92. The van der Waals surface area contributed by atoms with Crippen LogP contribution in [0.25, 0.3) is 33.1 Å². The van der Waals surface area contributed by atoms with Crippen LogP contribution in [0.3, 0.4) is 0 Å². The smallest absolute Gasteiger partial charge is 0.241 e. The van der Waals surface area contributed by atoms with Crippen molar-refractivity contribution in [1.82, 2.24) is 19.7 Å². The van der Waals surface area contributed by atoms with Gasteiger partial charge in [-0.25, -0.2) is 4.98 Å². The molecule has 0 aliphatic rings. The van der Waals surface area contributed by atoms with E-state index in [2.05, 4.69) is 21.2 Å². The molecule has 0 saturated heterocycles. The Balaban J connectivity index is 1.52. The summed E-state index contributed by atoms with van der Waals surface area (Å²) >= 11 is 0. The molecule has 5 heteroatoms. The molecule has 0 unspecified atom stereocenters. The molecule has 136 valence electrons. The van der Waals surface area contributed by atoms with Crippen LogP contribution in [0, 0.1) is 0 Å². The Bertz CT molecular complexity index is 1280. The highest BCUT2D eigenvalue weighted by atomic mass is 16.5. The second kappa shape index (κ2) is 6.78. The molecule has 0 saturated carbocycles. The van der Waals surface area contributed by atoms with Gasteiger partial charge in [0.15, 0.2) is 0 Å². The molecule has 0 N–H and O–H groups in total. The van der Waals surface area contributed by atoms with Crippen LogP contribution in [-0.4, -0.2) is 19.7 Å². The summed E-state index contributed by atoms with van der Waals surface area (Å²) in [6.07, 6.45) is 0. The van der Waals surface area contributed by atoms with E-state index < -0.39 is 0 Å². The summed E-state index contributed by atoms with van der Waals surface area (Å²) < 4.78 is 8.09. The van der Waals surface area contributed by atoms with Crippen LogP contribution in [0.1, 0.15) is 5.82 Å². The maximum absolute atomic E-state index is 6.05. The first-order valence-corrected chi connectivity index (χ1v) is 9.15. The zero-order chi connectivity index (χ0) is 18.9. The van der Waals surface area contributed by atoms with Gasteiger partial charge in [0.2, 0.25) is 5.88 Å². The first-order valence-electron chi connectivity index (χ1n) is 9.15. The zero-order valence-electron chi connectivity index (χ0n) is 15.4. The zero-order valence-corrected chi connectivity index (χ0v) is 15.4. The Morgan fingerprint density at radius 3 is 2.32 bits per heavy atom. The van der Waals surface area contributed by atoms with Crippen LogP contribution in [0.5, 0.6) is 5.88 Å². The Labute approximate surface area is 162 Å². The summed E-state index contributed by atoms with van der Waals surface area (Å²) in [5.74, 6) is 1.36. The Kier molecular flexibility index (Phi) is 3.98. The van der Waals surface area contributed by atoms with Crippen LogP contribution >= 0.6 is 0 Å². The Hall–Kier alpha value is -3.73. The van der Waals surface area contributed by atoms with Gasteiger partial charge < -0.3 is 9.30 Å². The number of rotatable bonds is 4. The quantitative estimate of drug-likeness (QED) is 0.460. The lowest BCUT2D eigenvalue weighted by atomic mass is 10.1. The summed E-state index contributed by atoms with van der Waals surface area (Å²) in [6, 6.07) is 26.2. The van der Waals surface area contributed by atoms with Gasteiger partial charge in [0.05, 0.1) is 11.0 Å². The fraction of sp³-hybridized carbons (Fsp3) is 0.0870. The van der Waals surface area contributed by atoms with E-state index in [1.165, 1.54) is 0 Å². The van der Waals surface area contributed by atoms with Crippen molar-refractivity contribution in [2.75, 3.05) is 0 Å². The van der Waals surface area contributed by atoms with Crippen LogP contribution < -0.4 is 4.74 Å². The molecule has 5 rings (SSSR count). The van der Waals surface area contributed by atoms with Crippen molar-refractivity contribution in [2.45, 2.75) is 6.61 Å². The van der Waals surface area contributed by atoms with Gasteiger partial charge in [-0.15, -0.1) is 10.2 Å². The minimum absolute atomic E-state index is 0.328. The highest BCUT2D eigenvalue weighted by Gasteiger charge is 2.13. The minimum Gasteiger partial charge on any atom is -0.468 e.